The first-order chi connectivity index (χ1) is 23.4. The van der Waals surface area contributed by atoms with Crippen molar-refractivity contribution in [3.63, 3.8) is 0 Å². The molecule has 2 amide bonds. The maximum atomic E-state index is 11.9. The minimum Gasteiger partial charge on any atom is -0.480 e. The third kappa shape index (κ3) is 7.21. The van der Waals surface area contributed by atoms with E-state index in [1.54, 1.807) is 26.6 Å². The van der Waals surface area contributed by atoms with Crippen LogP contribution in [0.1, 0.15) is 24.2 Å². The van der Waals surface area contributed by atoms with E-state index in [4.69, 9.17) is 42.6 Å². The van der Waals surface area contributed by atoms with Crippen LogP contribution in [-0.4, -0.2) is 72.1 Å². The van der Waals surface area contributed by atoms with Crippen molar-refractivity contribution in [1.29, 1.82) is 0 Å². The molecule has 4 N–H and O–H groups in total. The molecule has 12 nitrogen and oxygen atoms in total. The molecule has 2 fully saturated rings. The van der Waals surface area contributed by atoms with Gasteiger partial charge in [-0.1, -0.05) is 59.6 Å². The number of amides is 2. The molecule has 2 saturated heterocycles. The molecule has 0 bridgehead atoms. The fraction of sp³-hybridized carbons (Fsp3) is 0.353. The van der Waals surface area contributed by atoms with E-state index in [0.717, 1.165) is 12.8 Å². The molecule has 2 atom stereocenters. The fourth-order valence-corrected chi connectivity index (χ4v) is 6.56. The molecule has 2 aromatic carbocycles. The van der Waals surface area contributed by atoms with E-state index >= 15 is 0 Å². The summed E-state index contributed by atoms with van der Waals surface area (Å²) in [6.45, 7) is 3.32. The van der Waals surface area contributed by atoms with Crippen molar-refractivity contribution in [2.45, 2.75) is 25.9 Å². The third-order valence-corrected chi connectivity index (χ3v) is 9.36. The van der Waals surface area contributed by atoms with E-state index in [1.807, 2.05) is 36.4 Å². The first-order valence-corrected chi connectivity index (χ1v) is 16.5. The lowest BCUT2D eigenvalue weighted by Gasteiger charge is -2.15. The zero-order chi connectivity index (χ0) is 33.6. The van der Waals surface area contributed by atoms with Gasteiger partial charge < -0.3 is 30.7 Å². The van der Waals surface area contributed by atoms with Crippen molar-refractivity contribution in [1.82, 2.24) is 41.2 Å². The predicted molar refractivity (Wildman–Crippen MR) is 183 cm³/mol. The molecule has 0 aliphatic carbocycles. The summed E-state index contributed by atoms with van der Waals surface area (Å²) in [5.74, 6) is 0.767. The van der Waals surface area contributed by atoms with E-state index < -0.39 is 0 Å². The van der Waals surface area contributed by atoms with Gasteiger partial charge in [0.25, 0.3) is 0 Å². The SMILES string of the molecule is COc1nc(-c2cccc(-c3cccc(-c4cnc(CNCC5CCNC5=O)c(OC)n4)c3Cl)c2Cl)cnc1CNCC1CCNC1=O. The summed E-state index contributed by atoms with van der Waals surface area (Å²) < 4.78 is 11.1. The molecule has 48 heavy (non-hydrogen) atoms. The largest absolute Gasteiger partial charge is 0.480 e. The lowest BCUT2D eigenvalue weighted by Crippen LogP contribution is -2.29. The molecule has 4 aromatic rings. The maximum Gasteiger partial charge on any atom is 0.237 e. The van der Waals surface area contributed by atoms with Crippen LogP contribution in [0.25, 0.3) is 33.6 Å². The van der Waals surface area contributed by atoms with Gasteiger partial charge in [0.05, 0.1) is 59.9 Å². The van der Waals surface area contributed by atoms with Crippen LogP contribution in [0.5, 0.6) is 11.8 Å². The number of aromatic nitrogens is 4. The zero-order valence-corrected chi connectivity index (χ0v) is 28.1. The smallest absolute Gasteiger partial charge is 0.237 e. The lowest BCUT2D eigenvalue weighted by molar-refractivity contribution is -0.123. The summed E-state index contributed by atoms with van der Waals surface area (Å²) in [5.41, 5.74) is 5.08. The number of hydrogen-bond donors (Lipinski definition) is 4. The Hall–Kier alpha value is -4.36. The quantitative estimate of drug-likeness (QED) is 0.162. The van der Waals surface area contributed by atoms with Gasteiger partial charge in [0.1, 0.15) is 11.4 Å². The molecule has 250 valence electrons. The first kappa shape index (κ1) is 33.5. The van der Waals surface area contributed by atoms with Gasteiger partial charge in [-0.3, -0.25) is 19.6 Å². The van der Waals surface area contributed by atoms with Gasteiger partial charge in [-0.25, -0.2) is 9.97 Å². The second-order valence-corrected chi connectivity index (χ2v) is 12.3. The van der Waals surface area contributed by atoms with Gasteiger partial charge in [-0.15, -0.1) is 0 Å². The lowest BCUT2D eigenvalue weighted by atomic mass is 9.98. The van der Waals surface area contributed by atoms with E-state index in [0.29, 0.717) is 106 Å². The second kappa shape index (κ2) is 15.2. The Morgan fingerprint density at radius 3 is 1.50 bits per heavy atom. The zero-order valence-electron chi connectivity index (χ0n) is 26.6. The number of nitrogens with one attached hydrogen (secondary N) is 4. The van der Waals surface area contributed by atoms with E-state index in [2.05, 4.69) is 31.2 Å². The Kier molecular flexibility index (Phi) is 10.7. The maximum absolute atomic E-state index is 11.9. The van der Waals surface area contributed by atoms with Gasteiger partial charge >= 0.3 is 0 Å². The average molecular weight is 692 g/mol. The molecule has 0 saturated carbocycles. The number of halogens is 2. The summed E-state index contributed by atoms with van der Waals surface area (Å²) in [4.78, 5) is 42.4. The number of carbonyl (C=O) groups is 2. The number of hydrogen-bond acceptors (Lipinski definition) is 10. The Morgan fingerprint density at radius 1 is 0.708 bits per heavy atom. The van der Waals surface area contributed by atoms with Crippen molar-refractivity contribution in [2.24, 2.45) is 11.8 Å². The van der Waals surface area contributed by atoms with Crippen molar-refractivity contribution in [3.05, 3.63) is 70.2 Å². The predicted octanol–water partition coefficient (Wildman–Crippen LogP) is 4.04. The van der Waals surface area contributed by atoms with Crippen LogP contribution in [0, 0.1) is 11.8 Å². The Balaban J connectivity index is 1.21. The van der Waals surface area contributed by atoms with Crippen LogP contribution in [0.4, 0.5) is 0 Å². The molecule has 0 radical (unpaired) electrons. The number of ether oxygens (including phenoxy) is 2. The van der Waals surface area contributed by atoms with Crippen LogP contribution in [0.2, 0.25) is 10.0 Å². The van der Waals surface area contributed by atoms with E-state index in [1.165, 1.54) is 0 Å². The molecule has 4 heterocycles. The van der Waals surface area contributed by atoms with Crippen molar-refractivity contribution < 1.29 is 19.1 Å². The number of benzene rings is 2. The van der Waals surface area contributed by atoms with Gasteiger partial charge in [0, 0.05) is 61.5 Å². The van der Waals surface area contributed by atoms with Gasteiger partial charge in [-0.2, -0.15) is 0 Å². The normalized spacial score (nSPS) is 17.3. The minimum absolute atomic E-state index is 0.0519. The van der Waals surface area contributed by atoms with Crippen LogP contribution < -0.4 is 30.7 Å². The molecular formula is C34H36Cl2N8O4. The first-order valence-electron chi connectivity index (χ1n) is 15.7. The third-order valence-electron chi connectivity index (χ3n) is 8.54. The Morgan fingerprint density at radius 2 is 1.12 bits per heavy atom. The molecule has 2 unspecified atom stereocenters. The number of carbonyl (C=O) groups excluding carboxylic acids is 2. The van der Waals surface area contributed by atoms with Gasteiger partial charge in [-0.05, 0) is 12.8 Å². The number of nitrogens with zero attached hydrogens (tertiary/aromatic N) is 4. The molecule has 2 aliphatic heterocycles. The fourth-order valence-electron chi connectivity index (χ4n) is 5.91. The second-order valence-electron chi connectivity index (χ2n) is 11.6. The monoisotopic (exact) mass is 690 g/mol. The standard InChI is InChI=1S/C34H36Cl2N8O4/c1-47-33-27(15-37-13-19-9-11-39-31(19)45)41-17-25(43-33)23-7-3-5-21(29(23)35)22-6-4-8-24(30(22)36)26-18-42-28(34(44-26)48-2)16-38-14-20-10-12-40-32(20)46/h3-8,17-20,37-38H,9-16H2,1-2H3,(H,39,45)(H,40,46). The van der Waals surface area contributed by atoms with E-state index in [-0.39, 0.29) is 23.7 Å². The number of methoxy groups -OCH3 is 2. The summed E-state index contributed by atoms with van der Waals surface area (Å²) in [6, 6.07) is 11.3. The molecule has 6 rings (SSSR count). The topological polar surface area (TPSA) is 152 Å². The highest BCUT2D eigenvalue weighted by molar-refractivity contribution is 6.39. The Labute approximate surface area is 288 Å². The van der Waals surface area contributed by atoms with Crippen LogP contribution in [0.15, 0.2) is 48.8 Å². The summed E-state index contributed by atoms with van der Waals surface area (Å²) in [7, 11) is 3.09. The molecule has 14 heteroatoms. The van der Waals surface area contributed by atoms with Crippen LogP contribution in [-0.2, 0) is 22.7 Å². The van der Waals surface area contributed by atoms with Gasteiger partial charge in [0.15, 0.2) is 0 Å². The Bertz CT molecular complexity index is 1690. The highest BCUT2D eigenvalue weighted by Crippen LogP contribution is 2.42. The molecular weight excluding hydrogens is 655 g/mol. The average Bonchev–Trinajstić information content (AvgIpc) is 3.71. The minimum atomic E-state index is -0.0519. The van der Waals surface area contributed by atoms with Crippen molar-refractivity contribution >= 4 is 35.0 Å². The van der Waals surface area contributed by atoms with Gasteiger partial charge in [0.2, 0.25) is 23.6 Å². The van der Waals surface area contributed by atoms with Crippen molar-refractivity contribution in [2.75, 3.05) is 40.4 Å². The summed E-state index contributed by atoms with van der Waals surface area (Å²) >= 11 is 14.1. The van der Waals surface area contributed by atoms with E-state index in [9.17, 15) is 9.59 Å². The molecule has 2 aliphatic rings. The highest BCUT2D eigenvalue weighted by atomic mass is 35.5. The summed E-state index contributed by atoms with van der Waals surface area (Å²) in [5, 5.41) is 13.2. The molecule has 0 spiro atoms. The highest BCUT2D eigenvalue weighted by Gasteiger charge is 2.25. The number of rotatable bonds is 13. The van der Waals surface area contributed by atoms with Crippen molar-refractivity contribution in [3.8, 4) is 45.4 Å². The summed E-state index contributed by atoms with van der Waals surface area (Å²) in [6.07, 6.45) is 4.94. The molecule has 2 aromatic heterocycles. The van der Waals surface area contributed by atoms with Crippen LogP contribution in [0.3, 0.4) is 0 Å². The van der Waals surface area contributed by atoms with Crippen LogP contribution >= 0.6 is 23.2 Å².